The summed E-state index contributed by atoms with van der Waals surface area (Å²) in [4.78, 5) is 66.8. The van der Waals surface area contributed by atoms with Gasteiger partial charge in [-0.3, -0.25) is 14.4 Å². The maximum Gasteiger partial charge on any atom is 0.405 e. The van der Waals surface area contributed by atoms with Crippen molar-refractivity contribution in [2.45, 2.75) is 91.6 Å². The lowest BCUT2D eigenvalue weighted by Crippen LogP contribution is -2.41. The van der Waals surface area contributed by atoms with Gasteiger partial charge >= 0.3 is 12.2 Å². The molecular formula is C35H55N5O9. The summed E-state index contributed by atoms with van der Waals surface area (Å²) in [6, 6.07) is 0. The summed E-state index contributed by atoms with van der Waals surface area (Å²) in [5.41, 5.74) is 12.1. The minimum absolute atomic E-state index is 0.117. The predicted molar refractivity (Wildman–Crippen MR) is 184 cm³/mol. The van der Waals surface area contributed by atoms with Crippen LogP contribution < -0.4 is 22.1 Å². The summed E-state index contributed by atoms with van der Waals surface area (Å²) in [7, 11) is 2.95. The summed E-state index contributed by atoms with van der Waals surface area (Å²) >= 11 is 0. The Morgan fingerprint density at radius 1 is 1.00 bits per heavy atom. The second kappa shape index (κ2) is 19.9. The molecule has 0 spiro atoms. The number of carbonyl (C=O) groups is 5. The zero-order valence-electron chi connectivity index (χ0n) is 30.1. The van der Waals surface area contributed by atoms with Crippen LogP contribution in [0.15, 0.2) is 46.3 Å². The van der Waals surface area contributed by atoms with Gasteiger partial charge in [-0.25, -0.2) is 9.59 Å². The molecule has 1 aliphatic heterocycles. The van der Waals surface area contributed by atoms with Gasteiger partial charge in [0.05, 0.1) is 23.6 Å². The average molecular weight is 690 g/mol. The Bertz CT molecular complexity index is 1330. The van der Waals surface area contributed by atoms with E-state index in [1.54, 1.807) is 26.0 Å². The minimum atomic E-state index is -1.00. The number of allylic oxidation sites excluding steroid dienone is 3. The largest absolute Gasteiger partial charge is 0.443 e. The van der Waals surface area contributed by atoms with Gasteiger partial charge in [-0.2, -0.15) is 0 Å². The highest BCUT2D eigenvalue weighted by Gasteiger charge is 2.35. The van der Waals surface area contributed by atoms with Crippen molar-refractivity contribution in [1.29, 1.82) is 0 Å². The van der Waals surface area contributed by atoms with Crippen LogP contribution >= 0.6 is 0 Å². The van der Waals surface area contributed by atoms with E-state index in [4.69, 9.17) is 30.4 Å². The van der Waals surface area contributed by atoms with E-state index in [2.05, 4.69) is 15.5 Å². The molecule has 0 fully saturated rings. The first-order valence-corrected chi connectivity index (χ1v) is 16.8. The number of primary amides is 2. The van der Waals surface area contributed by atoms with Crippen LogP contribution in [-0.4, -0.2) is 99.4 Å². The maximum atomic E-state index is 13.9. The van der Waals surface area contributed by atoms with E-state index < -0.39 is 60.0 Å². The predicted octanol–water partition coefficient (Wildman–Crippen LogP) is 3.02. The Hall–Kier alpha value is -4.01. The number of ether oxygens (including phenoxy) is 4. The Morgan fingerprint density at radius 2 is 1.63 bits per heavy atom. The summed E-state index contributed by atoms with van der Waals surface area (Å²) in [6.07, 6.45) is 0.642. The molecule has 1 aliphatic carbocycles. The van der Waals surface area contributed by atoms with Crippen LogP contribution in [0.2, 0.25) is 0 Å². The first-order chi connectivity index (χ1) is 23.2. The van der Waals surface area contributed by atoms with Crippen molar-refractivity contribution in [2.24, 2.45) is 23.3 Å². The lowest BCUT2D eigenvalue weighted by molar-refractivity contribution is -0.120. The van der Waals surface area contributed by atoms with Gasteiger partial charge in [0.1, 0.15) is 6.10 Å². The molecule has 0 saturated carbocycles. The molecule has 0 aromatic heterocycles. The lowest BCUT2D eigenvalue weighted by atomic mass is 9.85. The molecule has 3 amide bonds. The highest BCUT2D eigenvalue weighted by molar-refractivity contribution is 6.23. The quantitative estimate of drug-likeness (QED) is 0.194. The van der Waals surface area contributed by atoms with Crippen molar-refractivity contribution in [3.8, 4) is 0 Å². The smallest absolute Gasteiger partial charge is 0.405 e. The van der Waals surface area contributed by atoms with Crippen LogP contribution in [-0.2, 0) is 33.3 Å². The number of methoxy groups -OCH3 is 2. The Labute approximate surface area is 289 Å². The Balaban J connectivity index is 2.64. The molecule has 14 heteroatoms. The number of nitrogens with two attached hydrogens (primary N) is 2. The van der Waals surface area contributed by atoms with Crippen molar-refractivity contribution < 1.29 is 42.9 Å². The normalized spacial score (nSPS) is 28.5. The molecule has 1 heterocycles. The number of likely N-dealkylation sites (N-methyl/N-ethyl adjacent to an activating group) is 1. The number of fused-ring (bicyclic) bond motifs is 2. The summed E-state index contributed by atoms with van der Waals surface area (Å²) in [5.74, 6) is -2.18. The van der Waals surface area contributed by atoms with Crippen molar-refractivity contribution in [2.75, 3.05) is 40.4 Å². The SMILES string of the molecule is CCN(CC)CCNC1=C2CC(C)CC(OC)C(OC(N)=O)C(C)/C=C(\C)C(OC(N)=O)C(OC)CC/C=C(\C)C(=O)NC(=CC1=O)C2=O. The van der Waals surface area contributed by atoms with Crippen LogP contribution in [0.5, 0.6) is 0 Å². The number of nitrogens with one attached hydrogen (secondary N) is 2. The molecule has 0 radical (unpaired) electrons. The molecule has 6 atom stereocenters. The van der Waals surface area contributed by atoms with Gasteiger partial charge in [0.15, 0.2) is 6.10 Å². The summed E-state index contributed by atoms with van der Waals surface area (Å²) in [6.45, 7) is 13.9. The minimum Gasteiger partial charge on any atom is -0.443 e. The van der Waals surface area contributed by atoms with Crippen LogP contribution in [0, 0.1) is 11.8 Å². The third kappa shape index (κ3) is 12.1. The fraction of sp³-hybridized carbons (Fsp3) is 0.629. The van der Waals surface area contributed by atoms with Gasteiger partial charge < -0.3 is 45.9 Å². The van der Waals surface area contributed by atoms with E-state index in [9.17, 15) is 24.0 Å². The number of carbonyl (C=O) groups excluding carboxylic acids is 5. The van der Waals surface area contributed by atoms with E-state index in [1.807, 2.05) is 27.7 Å². The lowest BCUT2D eigenvalue weighted by Gasteiger charge is -2.32. The van der Waals surface area contributed by atoms with Crippen LogP contribution in [0.25, 0.3) is 0 Å². The molecule has 2 rings (SSSR count). The Kier molecular flexibility index (Phi) is 16.7. The average Bonchev–Trinajstić information content (AvgIpc) is 3.04. The van der Waals surface area contributed by atoms with Gasteiger partial charge in [0, 0.05) is 50.4 Å². The first-order valence-electron chi connectivity index (χ1n) is 16.8. The third-order valence-corrected chi connectivity index (χ3v) is 8.96. The standard InChI is InChI=1S/C35H55N5O9/c1-9-40(10-2)15-14-38-29-24-16-20(3)17-28(47-8)32(49-35(37)45)23(6)18-22(5)31(48-34(36)44)27(46-7)13-11-12-21(4)33(43)39-25(30(24)42)19-26(29)41/h12,18-20,23,27-28,31-32,38H,9-11,13-17H2,1-8H3,(H2,36,44)(H2,37,45)(H,39,43)/b21-12+,22-18+. The molecule has 14 nitrogen and oxygen atoms in total. The molecule has 0 aromatic rings. The third-order valence-electron chi connectivity index (χ3n) is 8.96. The van der Waals surface area contributed by atoms with Crippen LogP contribution in [0.4, 0.5) is 9.59 Å². The van der Waals surface area contributed by atoms with Crippen molar-refractivity contribution in [3.63, 3.8) is 0 Å². The van der Waals surface area contributed by atoms with Crippen molar-refractivity contribution in [3.05, 3.63) is 46.3 Å². The van der Waals surface area contributed by atoms with Crippen molar-refractivity contribution in [1.82, 2.24) is 15.5 Å². The second-order valence-corrected chi connectivity index (χ2v) is 12.6. The topological polar surface area (TPSA) is 202 Å². The van der Waals surface area contributed by atoms with Gasteiger partial charge in [0.25, 0.3) is 5.91 Å². The van der Waals surface area contributed by atoms with Crippen LogP contribution in [0.3, 0.4) is 0 Å². The summed E-state index contributed by atoms with van der Waals surface area (Å²) in [5, 5.41) is 5.82. The number of nitrogens with zero attached hydrogens (tertiary/aromatic N) is 1. The monoisotopic (exact) mass is 689 g/mol. The molecule has 49 heavy (non-hydrogen) atoms. The molecular weight excluding hydrogens is 634 g/mol. The fourth-order valence-electron chi connectivity index (χ4n) is 6.26. The molecule has 2 aliphatic rings. The van der Waals surface area contributed by atoms with E-state index in [0.29, 0.717) is 43.5 Å². The number of ketones is 2. The first kappa shape index (κ1) is 41.2. The van der Waals surface area contributed by atoms with E-state index in [0.717, 1.165) is 19.2 Å². The van der Waals surface area contributed by atoms with Gasteiger partial charge in [-0.15, -0.1) is 0 Å². The van der Waals surface area contributed by atoms with Gasteiger partial charge in [-0.1, -0.05) is 39.8 Å². The molecule has 6 unspecified atom stereocenters. The Morgan fingerprint density at radius 3 is 2.20 bits per heavy atom. The van der Waals surface area contributed by atoms with E-state index in [1.165, 1.54) is 14.2 Å². The highest BCUT2D eigenvalue weighted by Crippen LogP contribution is 2.30. The fourth-order valence-corrected chi connectivity index (χ4v) is 6.26. The number of amides is 3. The maximum absolute atomic E-state index is 13.9. The molecule has 2 bridgehead atoms. The van der Waals surface area contributed by atoms with Crippen molar-refractivity contribution >= 4 is 29.7 Å². The van der Waals surface area contributed by atoms with E-state index >= 15 is 0 Å². The second-order valence-electron chi connectivity index (χ2n) is 12.6. The zero-order chi connectivity index (χ0) is 36.8. The number of hydrogen-bond donors (Lipinski definition) is 4. The number of Topliss-reactive ketones (excluding diaryl/α,β-unsaturated/α-hetero) is 1. The molecule has 0 saturated heterocycles. The molecule has 274 valence electrons. The van der Waals surface area contributed by atoms with Gasteiger partial charge in [0.2, 0.25) is 11.6 Å². The highest BCUT2D eigenvalue weighted by atomic mass is 16.6. The van der Waals surface area contributed by atoms with Gasteiger partial charge in [-0.05, 0) is 64.1 Å². The van der Waals surface area contributed by atoms with E-state index in [-0.39, 0.29) is 29.3 Å². The van der Waals surface area contributed by atoms with Crippen LogP contribution in [0.1, 0.15) is 67.2 Å². The number of hydrogen-bond acceptors (Lipinski definition) is 11. The molecule has 6 N–H and O–H groups in total. The number of rotatable bonds is 10. The summed E-state index contributed by atoms with van der Waals surface area (Å²) < 4.78 is 22.6. The zero-order valence-corrected chi connectivity index (χ0v) is 30.1. The molecule has 0 aromatic carbocycles.